The van der Waals surface area contributed by atoms with E-state index < -0.39 is 0 Å². The summed E-state index contributed by atoms with van der Waals surface area (Å²) in [7, 11) is 0. The summed E-state index contributed by atoms with van der Waals surface area (Å²) in [6, 6.07) is 6.16. The highest BCUT2D eigenvalue weighted by molar-refractivity contribution is 5.78. The molecule has 0 unspecified atom stereocenters. The number of aryl methyl sites for hydroxylation is 1. The summed E-state index contributed by atoms with van der Waals surface area (Å²) in [5, 5.41) is 11.1. The first kappa shape index (κ1) is 15.6. The van der Waals surface area contributed by atoms with Crippen LogP contribution in [0.4, 0.5) is 0 Å². The molecule has 2 rings (SSSR count). The van der Waals surface area contributed by atoms with Gasteiger partial charge in [-0.3, -0.25) is 9.69 Å². The standard InChI is InChI=1S/C16H23N3O2/c1-2-13-7-8-15(21-13)14-6-4-3-5-11-19(14)12-16(20)18-10-9-17/h7-8,14H,2-6,10-12H2,1H3,(H,18,20)/t14-/m1/s1. The monoisotopic (exact) mass is 289 g/mol. The van der Waals surface area contributed by atoms with Gasteiger partial charge >= 0.3 is 0 Å². The maximum Gasteiger partial charge on any atom is 0.235 e. The number of hydrogen-bond donors (Lipinski definition) is 1. The third-order valence-corrected chi connectivity index (χ3v) is 3.93. The van der Waals surface area contributed by atoms with E-state index in [1.54, 1.807) is 0 Å². The Labute approximate surface area is 125 Å². The van der Waals surface area contributed by atoms with Crippen LogP contribution in [0, 0.1) is 11.3 Å². The van der Waals surface area contributed by atoms with E-state index in [1.165, 1.54) is 6.42 Å². The van der Waals surface area contributed by atoms with Crippen molar-refractivity contribution < 1.29 is 9.21 Å². The van der Waals surface area contributed by atoms with Crippen molar-refractivity contribution in [3.05, 3.63) is 23.7 Å². The summed E-state index contributed by atoms with van der Waals surface area (Å²) in [4.78, 5) is 14.1. The zero-order valence-corrected chi connectivity index (χ0v) is 12.6. The van der Waals surface area contributed by atoms with Gasteiger partial charge in [0.05, 0.1) is 18.7 Å². The Kier molecular flexibility index (Phi) is 5.82. The molecular formula is C16H23N3O2. The molecule has 1 N–H and O–H groups in total. The van der Waals surface area contributed by atoms with Crippen LogP contribution in [0.25, 0.3) is 0 Å². The molecule has 0 radical (unpaired) electrons. The Bertz CT molecular complexity index is 504. The first-order valence-corrected chi connectivity index (χ1v) is 7.71. The van der Waals surface area contributed by atoms with Crippen LogP contribution in [0.2, 0.25) is 0 Å². The Balaban J connectivity index is 2.07. The van der Waals surface area contributed by atoms with Gasteiger partial charge in [0.2, 0.25) is 5.91 Å². The van der Waals surface area contributed by atoms with Gasteiger partial charge in [0.1, 0.15) is 18.1 Å². The molecule has 1 aromatic heterocycles. The summed E-state index contributed by atoms with van der Waals surface area (Å²) < 4.78 is 5.90. The Hall–Kier alpha value is -1.80. The van der Waals surface area contributed by atoms with Crippen molar-refractivity contribution in [2.24, 2.45) is 0 Å². The molecule has 0 saturated carbocycles. The predicted octanol–water partition coefficient (Wildman–Crippen LogP) is 2.40. The molecule has 0 spiro atoms. The number of amides is 1. The number of likely N-dealkylation sites (tertiary alicyclic amines) is 1. The molecule has 114 valence electrons. The highest BCUT2D eigenvalue weighted by atomic mass is 16.3. The number of nitrogens with zero attached hydrogens (tertiary/aromatic N) is 2. The summed E-state index contributed by atoms with van der Waals surface area (Å²) in [5.41, 5.74) is 0. The summed E-state index contributed by atoms with van der Waals surface area (Å²) >= 11 is 0. The van der Waals surface area contributed by atoms with E-state index in [1.807, 2.05) is 18.2 Å². The molecule has 1 amide bonds. The second-order valence-electron chi connectivity index (χ2n) is 5.43. The zero-order valence-electron chi connectivity index (χ0n) is 12.6. The molecule has 1 fully saturated rings. The number of carbonyl (C=O) groups is 1. The van der Waals surface area contributed by atoms with Crippen molar-refractivity contribution in [2.75, 3.05) is 19.6 Å². The average Bonchev–Trinajstić information content (AvgIpc) is 2.85. The number of rotatable bonds is 5. The number of carbonyl (C=O) groups excluding carboxylic acids is 1. The zero-order chi connectivity index (χ0) is 15.1. The lowest BCUT2D eigenvalue weighted by Crippen LogP contribution is -2.39. The van der Waals surface area contributed by atoms with Crippen LogP contribution >= 0.6 is 0 Å². The molecule has 1 aromatic rings. The van der Waals surface area contributed by atoms with Crippen molar-refractivity contribution in [3.63, 3.8) is 0 Å². The lowest BCUT2D eigenvalue weighted by molar-refractivity contribution is -0.122. The molecule has 21 heavy (non-hydrogen) atoms. The fraction of sp³-hybridized carbons (Fsp3) is 0.625. The molecule has 1 saturated heterocycles. The molecule has 1 atom stereocenters. The van der Waals surface area contributed by atoms with Crippen molar-refractivity contribution in [3.8, 4) is 6.07 Å². The van der Waals surface area contributed by atoms with E-state index in [-0.39, 0.29) is 18.5 Å². The molecule has 1 aliphatic rings. The van der Waals surface area contributed by atoms with Gasteiger partial charge in [0.15, 0.2) is 0 Å². The number of nitrogens with one attached hydrogen (secondary N) is 1. The first-order valence-electron chi connectivity index (χ1n) is 7.71. The van der Waals surface area contributed by atoms with Crippen LogP contribution in [-0.2, 0) is 11.2 Å². The molecule has 2 heterocycles. The van der Waals surface area contributed by atoms with Gasteiger partial charge in [-0.25, -0.2) is 0 Å². The number of nitriles is 1. The van der Waals surface area contributed by atoms with Gasteiger partial charge in [-0.2, -0.15) is 5.26 Å². The molecular weight excluding hydrogens is 266 g/mol. The lowest BCUT2D eigenvalue weighted by atomic mass is 10.1. The van der Waals surface area contributed by atoms with Gasteiger partial charge in [-0.1, -0.05) is 19.8 Å². The summed E-state index contributed by atoms with van der Waals surface area (Å²) in [5.74, 6) is 1.86. The molecule has 0 bridgehead atoms. The van der Waals surface area contributed by atoms with E-state index in [2.05, 4.69) is 17.1 Å². The van der Waals surface area contributed by atoms with Crippen LogP contribution in [0.5, 0.6) is 0 Å². The van der Waals surface area contributed by atoms with Crippen LogP contribution < -0.4 is 5.32 Å². The van der Waals surface area contributed by atoms with Gasteiger partial charge in [0, 0.05) is 6.42 Å². The Morgan fingerprint density at radius 2 is 2.33 bits per heavy atom. The maximum atomic E-state index is 11.9. The molecule has 0 aromatic carbocycles. The third kappa shape index (κ3) is 4.33. The highest BCUT2D eigenvalue weighted by Crippen LogP contribution is 2.31. The topological polar surface area (TPSA) is 69.3 Å². The lowest BCUT2D eigenvalue weighted by Gasteiger charge is -2.27. The van der Waals surface area contributed by atoms with E-state index >= 15 is 0 Å². The van der Waals surface area contributed by atoms with Crippen molar-refractivity contribution in [1.82, 2.24) is 10.2 Å². The second-order valence-corrected chi connectivity index (χ2v) is 5.43. The van der Waals surface area contributed by atoms with E-state index in [9.17, 15) is 4.79 Å². The summed E-state index contributed by atoms with van der Waals surface area (Å²) in [6.45, 7) is 3.36. The van der Waals surface area contributed by atoms with Crippen LogP contribution in [0.15, 0.2) is 16.5 Å². The smallest absolute Gasteiger partial charge is 0.235 e. The minimum absolute atomic E-state index is 0.0675. The molecule has 1 aliphatic heterocycles. The second kappa shape index (κ2) is 7.84. The molecule has 5 nitrogen and oxygen atoms in total. The van der Waals surface area contributed by atoms with Gasteiger partial charge in [0.25, 0.3) is 0 Å². The molecule has 5 heteroatoms. The largest absolute Gasteiger partial charge is 0.464 e. The Morgan fingerprint density at radius 3 is 3.05 bits per heavy atom. The van der Waals surface area contributed by atoms with Crippen LogP contribution in [0.1, 0.15) is 50.2 Å². The van der Waals surface area contributed by atoms with Gasteiger partial charge in [-0.05, 0) is 31.5 Å². The minimum atomic E-state index is -0.0919. The first-order chi connectivity index (χ1) is 10.2. The van der Waals surface area contributed by atoms with Crippen molar-refractivity contribution in [1.29, 1.82) is 5.26 Å². The normalized spacial score (nSPS) is 19.7. The summed E-state index contributed by atoms with van der Waals surface area (Å²) in [6.07, 6.45) is 5.35. The quantitative estimate of drug-likeness (QED) is 0.845. The Morgan fingerprint density at radius 1 is 1.48 bits per heavy atom. The number of furan rings is 1. The van der Waals surface area contributed by atoms with Gasteiger partial charge < -0.3 is 9.73 Å². The van der Waals surface area contributed by atoms with Crippen LogP contribution in [-0.4, -0.2) is 30.4 Å². The fourth-order valence-electron chi connectivity index (χ4n) is 2.82. The van der Waals surface area contributed by atoms with Gasteiger partial charge in [-0.15, -0.1) is 0 Å². The molecule has 0 aliphatic carbocycles. The number of hydrogen-bond acceptors (Lipinski definition) is 4. The van der Waals surface area contributed by atoms with E-state index in [0.29, 0.717) is 6.54 Å². The predicted molar refractivity (Wildman–Crippen MR) is 79.5 cm³/mol. The highest BCUT2D eigenvalue weighted by Gasteiger charge is 2.26. The van der Waals surface area contributed by atoms with Crippen molar-refractivity contribution in [2.45, 2.75) is 45.1 Å². The van der Waals surface area contributed by atoms with Crippen molar-refractivity contribution >= 4 is 5.91 Å². The fourth-order valence-corrected chi connectivity index (χ4v) is 2.82. The average molecular weight is 289 g/mol. The maximum absolute atomic E-state index is 11.9. The minimum Gasteiger partial charge on any atom is -0.464 e. The third-order valence-electron chi connectivity index (χ3n) is 3.93. The van der Waals surface area contributed by atoms with E-state index in [4.69, 9.17) is 9.68 Å². The van der Waals surface area contributed by atoms with E-state index in [0.717, 1.165) is 43.7 Å². The SMILES string of the molecule is CCc1ccc([C@H]2CCCCCN2CC(=O)NCC#N)o1. The van der Waals surface area contributed by atoms with Crippen LogP contribution in [0.3, 0.4) is 0 Å².